The van der Waals surface area contributed by atoms with Gasteiger partial charge in [0.2, 0.25) is 5.91 Å². The van der Waals surface area contributed by atoms with E-state index in [0.717, 1.165) is 41.8 Å². The Balaban J connectivity index is 1.35. The number of benzene rings is 2. The van der Waals surface area contributed by atoms with Crippen molar-refractivity contribution in [3.05, 3.63) is 81.0 Å². The van der Waals surface area contributed by atoms with Crippen molar-refractivity contribution in [2.24, 2.45) is 0 Å². The first-order valence-corrected chi connectivity index (χ1v) is 14.2. The van der Waals surface area contributed by atoms with Gasteiger partial charge < -0.3 is 10.1 Å². The average Bonchev–Trinajstić information content (AvgIpc) is 3.27. The van der Waals surface area contributed by atoms with Crippen molar-refractivity contribution in [2.45, 2.75) is 44.2 Å². The maximum atomic E-state index is 13.3. The van der Waals surface area contributed by atoms with Gasteiger partial charge in [-0.25, -0.2) is 9.78 Å². The van der Waals surface area contributed by atoms with Crippen LogP contribution in [-0.4, -0.2) is 33.8 Å². The Hall–Kier alpha value is -3.43. The van der Waals surface area contributed by atoms with Gasteiger partial charge in [0, 0.05) is 17.1 Å². The number of hydrogen-bond acceptors (Lipinski definition) is 7. The first-order chi connectivity index (χ1) is 18.1. The number of esters is 1. The molecule has 9 heteroatoms. The van der Waals surface area contributed by atoms with Crippen LogP contribution in [0.1, 0.15) is 47.0 Å². The number of aromatic nitrogens is 2. The highest BCUT2D eigenvalue weighted by molar-refractivity contribution is 7.99. The van der Waals surface area contributed by atoms with Gasteiger partial charge in [0.05, 0.1) is 28.8 Å². The van der Waals surface area contributed by atoms with Crippen LogP contribution in [0.2, 0.25) is 0 Å². The molecule has 0 saturated carbocycles. The second-order valence-electron chi connectivity index (χ2n) is 8.67. The molecular formula is C28H27N3O4S2. The fourth-order valence-electron chi connectivity index (χ4n) is 4.51. The fourth-order valence-corrected chi connectivity index (χ4v) is 6.76. The van der Waals surface area contributed by atoms with E-state index in [4.69, 9.17) is 9.72 Å². The van der Waals surface area contributed by atoms with Crippen molar-refractivity contribution < 1.29 is 14.3 Å². The van der Waals surface area contributed by atoms with Crippen LogP contribution < -0.4 is 10.9 Å². The predicted molar refractivity (Wildman–Crippen MR) is 148 cm³/mol. The molecule has 0 saturated heterocycles. The van der Waals surface area contributed by atoms with E-state index in [9.17, 15) is 14.4 Å². The van der Waals surface area contributed by atoms with Crippen LogP contribution in [0.5, 0.6) is 0 Å². The van der Waals surface area contributed by atoms with Gasteiger partial charge in [-0.3, -0.25) is 14.2 Å². The van der Waals surface area contributed by atoms with E-state index >= 15 is 0 Å². The normalized spacial score (nSPS) is 12.8. The molecular weight excluding hydrogens is 506 g/mol. The Morgan fingerprint density at radius 2 is 1.84 bits per heavy atom. The van der Waals surface area contributed by atoms with E-state index < -0.39 is 0 Å². The van der Waals surface area contributed by atoms with Crippen LogP contribution in [0.3, 0.4) is 0 Å². The lowest BCUT2D eigenvalue weighted by molar-refractivity contribution is -0.115. The maximum absolute atomic E-state index is 13.3. The van der Waals surface area contributed by atoms with E-state index in [1.54, 1.807) is 17.6 Å². The van der Waals surface area contributed by atoms with E-state index in [1.165, 1.54) is 23.1 Å². The summed E-state index contributed by atoms with van der Waals surface area (Å²) in [4.78, 5) is 44.8. The molecule has 1 amide bonds. The van der Waals surface area contributed by atoms with Gasteiger partial charge in [0.1, 0.15) is 5.00 Å². The van der Waals surface area contributed by atoms with Crippen LogP contribution in [0.4, 0.5) is 5.00 Å². The van der Waals surface area contributed by atoms with Gasteiger partial charge in [0.15, 0.2) is 5.16 Å². The summed E-state index contributed by atoms with van der Waals surface area (Å²) in [7, 11) is 0. The van der Waals surface area contributed by atoms with Crippen LogP contribution in [-0.2, 0) is 22.4 Å². The van der Waals surface area contributed by atoms with Crippen molar-refractivity contribution in [3.63, 3.8) is 0 Å². The van der Waals surface area contributed by atoms with Gasteiger partial charge in [-0.05, 0) is 62.4 Å². The Morgan fingerprint density at radius 3 is 2.65 bits per heavy atom. The number of carbonyl (C=O) groups excluding carboxylic acids is 2. The number of nitrogens with zero attached hydrogens (tertiary/aromatic N) is 2. The van der Waals surface area contributed by atoms with Crippen LogP contribution in [0.25, 0.3) is 16.6 Å². The Labute approximate surface area is 222 Å². The summed E-state index contributed by atoms with van der Waals surface area (Å²) in [6.07, 6.45) is 4.07. The highest BCUT2D eigenvalue weighted by Gasteiger charge is 2.27. The number of carbonyl (C=O) groups is 2. The van der Waals surface area contributed by atoms with E-state index in [-0.39, 0.29) is 30.5 Å². The van der Waals surface area contributed by atoms with Crippen LogP contribution >= 0.6 is 23.1 Å². The zero-order valence-electron chi connectivity index (χ0n) is 20.5. The summed E-state index contributed by atoms with van der Waals surface area (Å²) < 4.78 is 6.88. The van der Waals surface area contributed by atoms with Crippen molar-refractivity contribution in [1.29, 1.82) is 0 Å². The third kappa shape index (κ3) is 5.33. The summed E-state index contributed by atoms with van der Waals surface area (Å²) in [5.74, 6) is -0.145. The molecule has 2 aromatic heterocycles. The summed E-state index contributed by atoms with van der Waals surface area (Å²) in [6.45, 7) is 2.07. The fraction of sp³-hybridized carbons (Fsp3) is 0.286. The minimum atomic E-state index is -0.376. The number of hydrogen-bond donors (Lipinski definition) is 1. The minimum absolute atomic E-state index is 0.146. The molecule has 4 aromatic rings. The molecule has 1 aliphatic rings. The molecule has 2 aromatic carbocycles. The number of rotatable bonds is 8. The number of aryl methyl sites for hydroxylation is 1. The second-order valence-corrected chi connectivity index (χ2v) is 10.8. The third-order valence-electron chi connectivity index (χ3n) is 6.22. The van der Waals surface area contributed by atoms with E-state index in [0.29, 0.717) is 32.4 Å². The summed E-state index contributed by atoms with van der Waals surface area (Å²) >= 11 is 2.84. The number of fused-ring (bicyclic) bond motifs is 2. The van der Waals surface area contributed by atoms with E-state index in [1.807, 2.05) is 48.5 Å². The highest BCUT2D eigenvalue weighted by Crippen LogP contribution is 2.38. The molecule has 190 valence electrons. The second kappa shape index (κ2) is 11.3. The Morgan fingerprint density at radius 1 is 1.08 bits per heavy atom. The third-order valence-corrected chi connectivity index (χ3v) is 8.37. The maximum Gasteiger partial charge on any atom is 0.341 e. The zero-order chi connectivity index (χ0) is 25.8. The van der Waals surface area contributed by atoms with Gasteiger partial charge >= 0.3 is 5.97 Å². The summed E-state index contributed by atoms with van der Waals surface area (Å²) in [5, 5.41) is 4.60. The zero-order valence-corrected chi connectivity index (χ0v) is 22.1. The molecule has 1 aliphatic carbocycles. The number of thiophene rings is 1. The molecule has 0 bridgehead atoms. The predicted octanol–water partition coefficient (Wildman–Crippen LogP) is 5.62. The van der Waals surface area contributed by atoms with Crippen molar-refractivity contribution in [2.75, 3.05) is 17.7 Å². The SMILES string of the molecule is CCOC(=O)c1c(NC(=O)CCSc2nc3ccccc3c(=O)n2-c2ccccc2)sc2c1CCCC2. The topological polar surface area (TPSA) is 90.3 Å². The lowest BCUT2D eigenvalue weighted by atomic mass is 9.95. The molecule has 1 N–H and O–H groups in total. The first-order valence-electron chi connectivity index (χ1n) is 12.4. The average molecular weight is 534 g/mol. The van der Waals surface area contributed by atoms with Crippen LogP contribution in [0, 0.1) is 0 Å². The first kappa shape index (κ1) is 25.2. The minimum Gasteiger partial charge on any atom is -0.462 e. The van der Waals surface area contributed by atoms with E-state index in [2.05, 4.69) is 5.32 Å². The molecule has 0 spiro atoms. The van der Waals surface area contributed by atoms with Crippen molar-refractivity contribution in [1.82, 2.24) is 9.55 Å². The summed E-state index contributed by atoms with van der Waals surface area (Å²) in [6, 6.07) is 16.6. The molecule has 0 unspecified atom stereocenters. The molecule has 2 heterocycles. The van der Waals surface area contributed by atoms with Gasteiger partial charge in [-0.15, -0.1) is 11.3 Å². The molecule has 0 aliphatic heterocycles. The monoisotopic (exact) mass is 533 g/mol. The molecule has 37 heavy (non-hydrogen) atoms. The van der Waals surface area contributed by atoms with Gasteiger partial charge in [-0.1, -0.05) is 42.1 Å². The summed E-state index contributed by atoms with van der Waals surface area (Å²) in [5.41, 5.74) is 2.73. The van der Waals surface area contributed by atoms with Gasteiger partial charge in [0.25, 0.3) is 5.56 Å². The van der Waals surface area contributed by atoms with Crippen molar-refractivity contribution >= 4 is 50.9 Å². The van der Waals surface area contributed by atoms with Crippen molar-refractivity contribution in [3.8, 4) is 5.69 Å². The molecule has 0 atom stereocenters. The number of nitrogens with one attached hydrogen (secondary N) is 1. The molecule has 7 nitrogen and oxygen atoms in total. The number of thioether (sulfide) groups is 1. The smallest absolute Gasteiger partial charge is 0.341 e. The number of ether oxygens (including phenoxy) is 1. The van der Waals surface area contributed by atoms with Crippen LogP contribution in [0.15, 0.2) is 64.5 Å². The molecule has 5 rings (SSSR count). The largest absolute Gasteiger partial charge is 0.462 e. The molecule has 0 radical (unpaired) electrons. The molecule has 0 fully saturated rings. The Kier molecular flexibility index (Phi) is 7.71. The lowest BCUT2D eigenvalue weighted by Crippen LogP contribution is -2.22. The highest BCUT2D eigenvalue weighted by atomic mass is 32.2. The van der Waals surface area contributed by atoms with Gasteiger partial charge in [-0.2, -0.15) is 0 Å². The standard InChI is InChI=1S/C28H27N3O4S2/c1-2-35-27(34)24-20-13-7-9-15-22(20)37-25(24)30-23(32)16-17-36-28-29-21-14-8-6-12-19(21)26(33)31(28)18-10-4-3-5-11-18/h3-6,8,10-12,14H,2,7,9,13,15-17H2,1H3,(H,30,32). The number of anilines is 1. The Bertz CT molecular complexity index is 1510. The number of para-hydroxylation sites is 2. The lowest BCUT2D eigenvalue weighted by Gasteiger charge is -2.13. The number of amides is 1. The quantitative estimate of drug-likeness (QED) is 0.180.